The Hall–Kier alpha value is -2.74. The number of hydrogen-bond donors (Lipinski definition) is 1. The smallest absolute Gasteiger partial charge is 0.343 e. The number of fused-ring (bicyclic) bond motifs is 1. The van der Waals surface area contributed by atoms with Crippen molar-refractivity contribution in [3.05, 3.63) is 40.6 Å². The number of benzene rings is 1. The van der Waals surface area contributed by atoms with Crippen LogP contribution in [0.1, 0.15) is 45.8 Å². The number of nitrogens with one attached hydrogen (secondary N) is 1. The summed E-state index contributed by atoms with van der Waals surface area (Å²) in [5.74, 6) is -0.871. The summed E-state index contributed by atoms with van der Waals surface area (Å²) in [6, 6.07) is 5.22. The second-order valence-electron chi connectivity index (χ2n) is 6.40. The Balaban J connectivity index is 1.75. The molecule has 1 N–H and O–H groups in total. The highest BCUT2D eigenvalue weighted by Gasteiger charge is 2.27. The molecule has 142 valence electrons. The molecule has 7 nitrogen and oxygen atoms in total. The van der Waals surface area contributed by atoms with Gasteiger partial charge < -0.3 is 15.0 Å². The quantitative estimate of drug-likeness (QED) is 0.627. The average molecular weight is 387 g/mol. The summed E-state index contributed by atoms with van der Waals surface area (Å²) in [4.78, 5) is 38.5. The third kappa shape index (κ3) is 3.57. The van der Waals surface area contributed by atoms with Gasteiger partial charge in [0, 0.05) is 31.8 Å². The molecular weight excluding hydrogens is 366 g/mol. The molecule has 1 amide bonds. The third-order valence-corrected chi connectivity index (χ3v) is 5.54. The fraction of sp³-hybridized carbons (Fsp3) is 0.368. The van der Waals surface area contributed by atoms with Crippen LogP contribution >= 0.6 is 11.5 Å². The van der Waals surface area contributed by atoms with Gasteiger partial charge in [-0.05, 0) is 55.6 Å². The number of ether oxygens (including phenoxy) is 1. The fourth-order valence-electron chi connectivity index (χ4n) is 3.17. The van der Waals surface area contributed by atoms with E-state index in [1.54, 1.807) is 44.0 Å². The lowest BCUT2D eigenvalue weighted by Crippen LogP contribution is -2.26. The molecule has 0 spiro atoms. The zero-order valence-corrected chi connectivity index (χ0v) is 16.5. The van der Waals surface area contributed by atoms with Crippen molar-refractivity contribution in [2.45, 2.75) is 33.3 Å². The van der Waals surface area contributed by atoms with Crippen molar-refractivity contribution < 1.29 is 19.1 Å². The number of esters is 1. The predicted octanol–water partition coefficient (Wildman–Crippen LogP) is 2.83. The highest BCUT2D eigenvalue weighted by atomic mass is 32.1. The lowest BCUT2D eigenvalue weighted by molar-refractivity contribution is -0.116. The maximum atomic E-state index is 12.7. The summed E-state index contributed by atoms with van der Waals surface area (Å²) in [6.07, 6.45) is -0.222. The lowest BCUT2D eigenvalue weighted by Gasteiger charge is -2.16. The minimum absolute atomic E-state index is 0.0183. The van der Waals surface area contributed by atoms with E-state index in [1.807, 2.05) is 0 Å². The van der Waals surface area contributed by atoms with Gasteiger partial charge >= 0.3 is 5.97 Å². The molecule has 1 atom stereocenters. The number of hydrogen-bond acceptors (Lipinski definition) is 7. The van der Waals surface area contributed by atoms with Crippen molar-refractivity contribution >= 4 is 39.9 Å². The van der Waals surface area contributed by atoms with Gasteiger partial charge in [-0.25, -0.2) is 4.79 Å². The molecule has 0 saturated heterocycles. The third-order valence-electron chi connectivity index (χ3n) is 4.59. The molecule has 1 aromatic heterocycles. The molecule has 0 radical (unpaired) electrons. The Morgan fingerprint density at radius 1 is 1.33 bits per heavy atom. The standard InChI is InChI=1S/C19H21N3O4S/c1-10-16(18(20-4)27-21-10)19(25)26-11(2)17(24)14-5-6-15-13(9-14)7-8-22(15)12(3)23/h5-6,9,11,20H,7-8H2,1-4H3/t11-/m1/s1. The van der Waals surface area contributed by atoms with Crippen LogP contribution in [0.25, 0.3) is 0 Å². The highest BCUT2D eigenvalue weighted by molar-refractivity contribution is 7.10. The molecule has 1 aromatic carbocycles. The zero-order chi connectivity index (χ0) is 19.7. The SMILES string of the molecule is CNc1snc(C)c1C(=O)O[C@H](C)C(=O)c1ccc2c(c1)CCN2C(C)=O. The van der Waals surface area contributed by atoms with Crippen molar-refractivity contribution in [3.63, 3.8) is 0 Å². The first-order chi connectivity index (χ1) is 12.8. The first-order valence-corrected chi connectivity index (χ1v) is 9.41. The van der Waals surface area contributed by atoms with E-state index >= 15 is 0 Å². The molecule has 1 aliphatic heterocycles. The number of aromatic nitrogens is 1. The summed E-state index contributed by atoms with van der Waals surface area (Å²) < 4.78 is 9.53. The molecule has 3 rings (SSSR count). The number of Topliss-reactive ketones (excluding diaryl/α,β-unsaturated/α-hetero) is 1. The predicted molar refractivity (Wildman–Crippen MR) is 104 cm³/mol. The molecule has 0 saturated carbocycles. The molecule has 0 unspecified atom stereocenters. The van der Waals surface area contributed by atoms with E-state index < -0.39 is 12.1 Å². The van der Waals surface area contributed by atoms with Gasteiger partial charge in [0.2, 0.25) is 11.7 Å². The van der Waals surface area contributed by atoms with Crippen LogP contribution in [0.2, 0.25) is 0 Å². The molecule has 0 aliphatic carbocycles. The van der Waals surface area contributed by atoms with E-state index in [9.17, 15) is 14.4 Å². The van der Waals surface area contributed by atoms with Gasteiger partial charge in [-0.15, -0.1) is 0 Å². The number of carbonyl (C=O) groups excluding carboxylic acids is 3. The number of nitrogens with zero attached hydrogens (tertiary/aromatic N) is 2. The van der Waals surface area contributed by atoms with Gasteiger partial charge in [-0.3, -0.25) is 9.59 Å². The van der Waals surface area contributed by atoms with E-state index in [0.29, 0.717) is 34.8 Å². The lowest BCUT2D eigenvalue weighted by atomic mass is 10.0. The molecule has 2 heterocycles. The van der Waals surface area contributed by atoms with E-state index in [0.717, 1.165) is 11.3 Å². The Bertz CT molecular complexity index is 922. The van der Waals surface area contributed by atoms with Gasteiger partial charge in [0.15, 0.2) is 6.10 Å². The monoisotopic (exact) mass is 387 g/mol. The molecule has 2 aromatic rings. The molecule has 27 heavy (non-hydrogen) atoms. The van der Waals surface area contributed by atoms with Crippen LogP contribution in [0.15, 0.2) is 18.2 Å². The largest absolute Gasteiger partial charge is 0.451 e. The van der Waals surface area contributed by atoms with E-state index in [4.69, 9.17) is 4.74 Å². The first-order valence-electron chi connectivity index (χ1n) is 8.63. The second-order valence-corrected chi connectivity index (χ2v) is 7.17. The Morgan fingerprint density at radius 3 is 2.74 bits per heavy atom. The van der Waals surface area contributed by atoms with Crippen LogP contribution in [0.5, 0.6) is 0 Å². The number of rotatable bonds is 5. The van der Waals surface area contributed by atoms with E-state index in [1.165, 1.54) is 18.5 Å². The maximum absolute atomic E-state index is 12.7. The Morgan fingerprint density at radius 2 is 2.07 bits per heavy atom. The van der Waals surface area contributed by atoms with Gasteiger partial charge in [-0.1, -0.05) is 0 Å². The van der Waals surface area contributed by atoms with Gasteiger partial charge in [0.25, 0.3) is 0 Å². The van der Waals surface area contributed by atoms with E-state index in [-0.39, 0.29) is 11.7 Å². The number of aryl methyl sites for hydroxylation is 1. The van der Waals surface area contributed by atoms with Crippen LogP contribution in [0.4, 0.5) is 10.7 Å². The Kier molecular flexibility index (Phi) is 5.27. The zero-order valence-electron chi connectivity index (χ0n) is 15.7. The maximum Gasteiger partial charge on any atom is 0.343 e. The number of anilines is 2. The minimum atomic E-state index is -0.926. The van der Waals surface area contributed by atoms with Crippen molar-refractivity contribution in [3.8, 4) is 0 Å². The van der Waals surface area contributed by atoms with Crippen LogP contribution in [-0.4, -0.2) is 41.7 Å². The first kappa shape index (κ1) is 19.0. The molecule has 8 heteroatoms. The molecule has 0 bridgehead atoms. The van der Waals surface area contributed by atoms with Crippen molar-refractivity contribution in [2.75, 3.05) is 23.8 Å². The van der Waals surface area contributed by atoms with Crippen LogP contribution in [-0.2, 0) is 16.0 Å². The van der Waals surface area contributed by atoms with Crippen molar-refractivity contribution in [1.82, 2.24) is 4.37 Å². The number of carbonyl (C=O) groups is 3. The summed E-state index contributed by atoms with van der Waals surface area (Å²) in [5.41, 5.74) is 3.17. The summed E-state index contributed by atoms with van der Waals surface area (Å²) in [7, 11) is 1.70. The van der Waals surface area contributed by atoms with Gasteiger partial charge in [0.05, 0.1) is 5.69 Å². The molecule has 1 aliphatic rings. The number of ketones is 1. The molecular formula is C19H21N3O4S. The Labute approximate surface area is 161 Å². The second kappa shape index (κ2) is 7.48. The van der Waals surface area contributed by atoms with Gasteiger partial charge in [0.1, 0.15) is 10.6 Å². The topological polar surface area (TPSA) is 88.6 Å². The molecule has 0 fully saturated rings. The summed E-state index contributed by atoms with van der Waals surface area (Å²) in [5, 5.41) is 3.52. The van der Waals surface area contributed by atoms with Crippen LogP contribution in [0, 0.1) is 6.92 Å². The number of amides is 1. The minimum Gasteiger partial charge on any atom is -0.451 e. The van der Waals surface area contributed by atoms with Gasteiger partial charge in [-0.2, -0.15) is 4.37 Å². The van der Waals surface area contributed by atoms with E-state index in [2.05, 4.69) is 9.69 Å². The van der Waals surface area contributed by atoms with Crippen molar-refractivity contribution in [1.29, 1.82) is 0 Å². The highest BCUT2D eigenvalue weighted by Crippen LogP contribution is 2.30. The van der Waals surface area contributed by atoms with Crippen LogP contribution in [0.3, 0.4) is 0 Å². The van der Waals surface area contributed by atoms with Crippen LogP contribution < -0.4 is 10.2 Å². The normalized spacial score (nSPS) is 13.9. The summed E-state index contributed by atoms with van der Waals surface area (Å²) >= 11 is 1.17. The average Bonchev–Trinajstić information content (AvgIpc) is 3.23. The summed E-state index contributed by atoms with van der Waals surface area (Å²) in [6.45, 7) is 5.42. The van der Waals surface area contributed by atoms with Crippen molar-refractivity contribution in [2.24, 2.45) is 0 Å². The fourth-order valence-corrected chi connectivity index (χ4v) is 3.90.